The lowest BCUT2D eigenvalue weighted by atomic mass is 9.76. The van der Waals surface area contributed by atoms with Gasteiger partial charge in [-0.05, 0) is 41.3 Å². The maximum atomic E-state index is 13.2. The number of rotatable bonds is 6. The van der Waals surface area contributed by atoms with E-state index in [1.165, 1.54) is 23.1 Å². The first-order chi connectivity index (χ1) is 19.5. The maximum Gasteiger partial charge on any atom is 0.234 e. The van der Waals surface area contributed by atoms with E-state index in [0.29, 0.717) is 39.9 Å². The minimum atomic E-state index is -0.509. The summed E-state index contributed by atoms with van der Waals surface area (Å²) in [6, 6.07) is 25.6. The minimum absolute atomic E-state index is 0.0184. The second kappa shape index (κ2) is 11.0. The molecule has 8 nitrogen and oxygen atoms in total. The smallest absolute Gasteiger partial charge is 0.234 e. The SMILES string of the molecule is N#CC1=C(N)N(c2nnc(SCC(=O)Nc3ccc4ccccc4c3)s2)C2=C(C(=O)CCC2)C1c1ccccc1. The molecule has 1 aliphatic heterocycles. The second-order valence-electron chi connectivity index (χ2n) is 9.48. The Morgan fingerprint density at radius 2 is 1.85 bits per heavy atom. The van der Waals surface area contributed by atoms with Crippen LogP contribution in [0.25, 0.3) is 10.8 Å². The molecule has 2 aliphatic rings. The number of anilines is 2. The van der Waals surface area contributed by atoms with Gasteiger partial charge < -0.3 is 11.1 Å². The molecule has 1 atom stereocenters. The third kappa shape index (κ3) is 4.85. The van der Waals surface area contributed by atoms with Gasteiger partial charge in [0.2, 0.25) is 11.0 Å². The summed E-state index contributed by atoms with van der Waals surface area (Å²) < 4.78 is 0.587. The van der Waals surface area contributed by atoms with Gasteiger partial charge in [0, 0.05) is 23.4 Å². The van der Waals surface area contributed by atoms with Gasteiger partial charge in [0.15, 0.2) is 10.1 Å². The molecule has 2 heterocycles. The van der Waals surface area contributed by atoms with E-state index >= 15 is 0 Å². The fourth-order valence-electron chi connectivity index (χ4n) is 5.23. The molecule has 198 valence electrons. The predicted octanol–water partition coefficient (Wildman–Crippen LogP) is 5.73. The van der Waals surface area contributed by atoms with E-state index < -0.39 is 5.92 Å². The van der Waals surface area contributed by atoms with Gasteiger partial charge in [0.1, 0.15) is 5.82 Å². The molecule has 3 N–H and O–H groups in total. The van der Waals surface area contributed by atoms with Gasteiger partial charge in [-0.25, -0.2) is 0 Å². The summed E-state index contributed by atoms with van der Waals surface area (Å²) >= 11 is 2.55. The van der Waals surface area contributed by atoms with Crippen LogP contribution >= 0.6 is 23.1 Å². The van der Waals surface area contributed by atoms with E-state index in [9.17, 15) is 14.9 Å². The first-order valence-corrected chi connectivity index (χ1v) is 14.6. The van der Waals surface area contributed by atoms with Crippen molar-refractivity contribution in [2.75, 3.05) is 16.0 Å². The first kappa shape index (κ1) is 25.8. The van der Waals surface area contributed by atoms with Gasteiger partial charge in [-0.1, -0.05) is 83.8 Å². The zero-order chi connectivity index (χ0) is 27.6. The van der Waals surface area contributed by atoms with Crippen LogP contribution in [0.4, 0.5) is 10.8 Å². The molecule has 0 fully saturated rings. The van der Waals surface area contributed by atoms with E-state index in [0.717, 1.165) is 27.7 Å². The highest BCUT2D eigenvalue weighted by molar-refractivity contribution is 8.01. The van der Waals surface area contributed by atoms with Gasteiger partial charge in [-0.15, -0.1) is 10.2 Å². The quantitative estimate of drug-likeness (QED) is 0.285. The zero-order valence-corrected chi connectivity index (χ0v) is 23.0. The van der Waals surface area contributed by atoms with Crippen LogP contribution < -0.4 is 16.0 Å². The van der Waals surface area contributed by atoms with E-state index in [1.807, 2.05) is 72.8 Å². The number of carbonyl (C=O) groups excluding carboxylic acids is 2. The molecule has 4 aromatic rings. The molecule has 1 aromatic heterocycles. The molecule has 0 radical (unpaired) electrons. The number of nitrogens with one attached hydrogen (secondary N) is 1. The van der Waals surface area contributed by atoms with Crippen LogP contribution in [-0.4, -0.2) is 27.6 Å². The molecule has 1 amide bonds. The summed E-state index contributed by atoms with van der Waals surface area (Å²) in [6.45, 7) is 0. The number of nitrogens with zero attached hydrogens (tertiary/aromatic N) is 4. The third-order valence-corrected chi connectivity index (χ3v) is 9.03. The van der Waals surface area contributed by atoms with Crippen molar-refractivity contribution in [1.29, 1.82) is 5.26 Å². The number of hydrogen-bond acceptors (Lipinski definition) is 9. The van der Waals surface area contributed by atoms with Crippen LogP contribution in [-0.2, 0) is 9.59 Å². The third-order valence-electron chi connectivity index (χ3n) is 6.99. The van der Waals surface area contributed by atoms with Gasteiger partial charge in [0.25, 0.3) is 0 Å². The van der Waals surface area contributed by atoms with Crippen LogP contribution in [0.1, 0.15) is 30.7 Å². The molecule has 3 aromatic carbocycles. The van der Waals surface area contributed by atoms with Crippen molar-refractivity contribution < 1.29 is 9.59 Å². The second-order valence-corrected chi connectivity index (χ2v) is 11.7. The Morgan fingerprint density at radius 3 is 2.65 bits per heavy atom. The average Bonchev–Trinajstić information content (AvgIpc) is 3.44. The lowest BCUT2D eigenvalue weighted by Gasteiger charge is -2.38. The molecule has 6 rings (SSSR count). The van der Waals surface area contributed by atoms with E-state index in [2.05, 4.69) is 21.6 Å². The number of Topliss-reactive ketones (excluding diaryl/α,β-unsaturated/α-hetero) is 1. The Balaban J connectivity index is 1.23. The van der Waals surface area contributed by atoms with Crippen LogP contribution in [0.2, 0.25) is 0 Å². The highest BCUT2D eigenvalue weighted by atomic mass is 32.2. The number of fused-ring (bicyclic) bond motifs is 1. The normalized spacial score (nSPS) is 17.1. The predicted molar refractivity (Wildman–Crippen MR) is 158 cm³/mol. The van der Waals surface area contributed by atoms with Crippen molar-refractivity contribution in [3.05, 3.63) is 101 Å². The number of ketones is 1. The van der Waals surface area contributed by atoms with Crippen LogP contribution in [0.5, 0.6) is 0 Å². The van der Waals surface area contributed by atoms with Crippen molar-refractivity contribution in [1.82, 2.24) is 10.2 Å². The monoisotopic (exact) mass is 564 g/mol. The standard InChI is InChI=1S/C30H24N6O2S2/c31-16-22-26(19-8-2-1-3-9-19)27-23(11-6-12-24(27)37)36(28(22)32)29-34-35-30(40-29)39-17-25(38)33-21-14-13-18-7-4-5-10-20(18)15-21/h1-5,7-10,13-15,26H,6,11-12,17,32H2,(H,33,38). The van der Waals surface area contributed by atoms with Crippen LogP contribution in [0, 0.1) is 11.3 Å². The number of aromatic nitrogens is 2. The lowest BCUT2D eigenvalue weighted by molar-refractivity contribution is -0.116. The maximum absolute atomic E-state index is 13.2. The van der Waals surface area contributed by atoms with Gasteiger partial charge in [0.05, 0.1) is 23.3 Å². The van der Waals surface area contributed by atoms with Gasteiger partial charge in [-0.3, -0.25) is 14.5 Å². The van der Waals surface area contributed by atoms with Gasteiger partial charge in [-0.2, -0.15) is 5.26 Å². The summed E-state index contributed by atoms with van der Waals surface area (Å²) in [5.41, 5.74) is 9.88. The highest BCUT2D eigenvalue weighted by Crippen LogP contribution is 2.47. The molecule has 40 heavy (non-hydrogen) atoms. The number of nitriles is 1. The number of benzene rings is 3. The molecule has 10 heteroatoms. The van der Waals surface area contributed by atoms with E-state index in [1.54, 1.807) is 4.90 Å². The Hall–Kier alpha value is -4.46. The summed E-state index contributed by atoms with van der Waals surface area (Å²) in [4.78, 5) is 27.6. The Bertz CT molecular complexity index is 1740. The Labute approximate surface area is 239 Å². The van der Waals surface area contributed by atoms with Crippen LogP contribution in [0.3, 0.4) is 0 Å². The summed E-state index contributed by atoms with van der Waals surface area (Å²) in [5.74, 6) is -0.240. The van der Waals surface area contributed by atoms with E-state index in [-0.39, 0.29) is 23.3 Å². The molecule has 1 aliphatic carbocycles. The summed E-state index contributed by atoms with van der Waals surface area (Å²) in [5, 5.41) is 24.3. The fourth-order valence-corrected chi connectivity index (χ4v) is 6.91. The van der Waals surface area contributed by atoms with Crippen molar-refractivity contribution in [2.24, 2.45) is 5.73 Å². The van der Waals surface area contributed by atoms with E-state index in [4.69, 9.17) is 5.73 Å². The first-order valence-electron chi connectivity index (χ1n) is 12.8. The van der Waals surface area contributed by atoms with Crippen LogP contribution in [0.15, 0.2) is 99.8 Å². The molecule has 0 bridgehead atoms. The largest absolute Gasteiger partial charge is 0.384 e. The minimum Gasteiger partial charge on any atom is -0.384 e. The van der Waals surface area contributed by atoms with Crippen molar-refractivity contribution in [3.8, 4) is 6.07 Å². The topological polar surface area (TPSA) is 125 Å². The summed E-state index contributed by atoms with van der Waals surface area (Å²) in [7, 11) is 0. The average molecular weight is 565 g/mol. The number of amides is 1. The number of carbonyl (C=O) groups is 2. The number of nitrogens with two attached hydrogens (primary N) is 1. The van der Waals surface area contributed by atoms with Crippen molar-refractivity contribution >= 4 is 56.4 Å². The lowest BCUT2D eigenvalue weighted by Crippen LogP contribution is -2.38. The Morgan fingerprint density at radius 1 is 1.07 bits per heavy atom. The molecular weight excluding hydrogens is 541 g/mol. The summed E-state index contributed by atoms with van der Waals surface area (Å²) in [6.07, 6.45) is 1.76. The molecule has 0 saturated heterocycles. The van der Waals surface area contributed by atoms with Crippen molar-refractivity contribution in [3.63, 3.8) is 0 Å². The van der Waals surface area contributed by atoms with Crippen molar-refractivity contribution in [2.45, 2.75) is 29.5 Å². The molecule has 1 unspecified atom stereocenters. The highest BCUT2D eigenvalue weighted by Gasteiger charge is 2.41. The fraction of sp³-hybridized carbons (Fsp3) is 0.167. The zero-order valence-electron chi connectivity index (χ0n) is 21.3. The molecular formula is C30H24N6O2S2. The molecule has 0 saturated carbocycles. The number of hydrogen-bond donors (Lipinski definition) is 2. The Kier molecular flexibility index (Phi) is 7.07. The number of thioether (sulfide) groups is 1. The molecule has 0 spiro atoms. The van der Waals surface area contributed by atoms with Gasteiger partial charge >= 0.3 is 0 Å². The number of allylic oxidation sites excluding steroid dienone is 3.